The normalized spacial score (nSPS) is 11.1. The minimum Gasteiger partial charge on any atom is -0.455 e. The Balaban J connectivity index is 0.000000193. The van der Waals surface area contributed by atoms with Gasteiger partial charge in [-0.15, -0.1) is 70.4 Å². The van der Waals surface area contributed by atoms with E-state index in [1.54, 1.807) is 0 Å². The van der Waals surface area contributed by atoms with Gasteiger partial charge in [-0.25, -0.2) is 0 Å². The molecule has 0 bridgehead atoms. The summed E-state index contributed by atoms with van der Waals surface area (Å²) in [7, 11) is -1.46. The molecule has 3 heterocycles. The number of nitrogens with zero attached hydrogens (tertiary/aromatic N) is 2. The molecule has 0 saturated carbocycles. The fourth-order valence-electron chi connectivity index (χ4n) is 4.33. The molecule has 0 N–H and O–H groups in total. The first-order valence-electron chi connectivity index (χ1n) is 12.5. The van der Waals surface area contributed by atoms with Gasteiger partial charge in [-0.05, 0) is 29.9 Å². The summed E-state index contributed by atoms with van der Waals surface area (Å²) in [6.45, 7) is 11.2. The third kappa shape index (κ3) is 6.02. The Morgan fingerprint density at radius 1 is 0.711 bits per heavy atom. The molecular formula is C33H30IrN2OSi-2. The molecule has 0 aliphatic heterocycles. The maximum Gasteiger partial charge on any atom is 0.151 e. The Bertz CT molecular complexity index is 1620. The zero-order valence-corrected chi connectivity index (χ0v) is 25.7. The number of fused-ring (bicyclic) bond motifs is 3. The Labute approximate surface area is 239 Å². The third-order valence-corrected chi connectivity index (χ3v) is 8.37. The van der Waals surface area contributed by atoms with Crippen LogP contribution in [0, 0.1) is 26.0 Å². The van der Waals surface area contributed by atoms with Crippen LogP contribution in [-0.2, 0) is 20.1 Å². The number of aryl methyl sites for hydroxylation is 2. The van der Waals surface area contributed by atoms with Crippen LogP contribution in [0.15, 0.2) is 95.7 Å². The summed E-state index contributed by atoms with van der Waals surface area (Å²) in [6, 6.07) is 33.3. The number of furan rings is 1. The van der Waals surface area contributed by atoms with E-state index in [2.05, 4.69) is 85.1 Å². The van der Waals surface area contributed by atoms with Gasteiger partial charge in [0.15, 0.2) is 5.58 Å². The van der Waals surface area contributed by atoms with Crippen molar-refractivity contribution in [2.24, 2.45) is 0 Å². The fraction of sp³-hybridized carbons (Fsp3) is 0.152. The summed E-state index contributed by atoms with van der Waals surface area (Å²) >= 11 is 0. The molecule has 3 aromatic heterocycles. The predicted molar refractivity (Wildman–Crippen MR) is 157 cm³/mol. The van der Waals surface area contributed by atoms with Gasteiger partial charge in [0.1, 0.15) is 5.58 Å². The van der Waals surface area contributed by atoms with E-state index in [9.17, 15) is 0 Å². The van der Waals surface area contributed by atoms with Gasteiger partial charge in [-0.1, -0.05) is 63.0 Å². The number of benzene rings is 3. The molecule has 0 aliphatic rings. The van der Waals surface area contributed by atoms with E-state index in [4.69, 9.17) is 4.42 Å². The molecule has 6 rings (SSSR count). The third-order valence-electron chi connectivity index (χ3n) is 6.34. The smallest absolute Gasteiger partial charge is 0.151 e. The Kier molecular flexibility index (Phi) is 8.42. The molecular weight excluding hydrogens is 661 g/mol. The number of hydrogen-bond acceptors (Lipinski definition) is 3. The zero-order valence-electron chi connectivity index (χ0n) is 22.3. The van der Waals surface area contributed by atoms with Crippen LogP contribution < -0.4 is 5.19 Å². The SMILES string of the molecule is C[Si](C)(C)c1ccc[c-]c1-c1cc2c(cn1)oc1ccccc12.Cc1c[c-]c(-c2ccc(C)cn2)cc1.[Ir]. The summed E-state index contributed by atoms with van der Waals surface area (Å²) < 4.78 is 5.88. The maximum absolute atomic E-state index is 5.88. The predicted octanol–water partition coefficient (Wildman–Crippen LogP) is 8.16. The van der Waals surface area contributed by atoms with Gasteiger partial charge in [0.25, 0.3) is 0 Å². The Morgan fingerprint density at radius 2 is 1.47 bits per heavy atom. The summed E-state index contributed by atoms with van der Waals surface area (Å²) in [4.78, 5) is 8.99. The molecule has 0 unspecified atom stereocenters. The van der Waals surface area contributed by atoms with Gasteiger partial charge >= 0.3 is 0 Å². The minimum atomic E-state index is -1.46. The van der Waals surface area contributed by atoms with E-state index in [0.717, 1.165) is 44.5 Å². The molecule has 0 spiro atoms. The van der Waals surface area contributed by atoms with Crippen LogP contribution >= 0.6 is 0 Å². The van der Waals surface area contributed by atoms with Gasteiger partial charge in [0.2, 0.25) is 0 Å². The van der Waals surface area contributed by atoms with Crippen molar-refractivity contribution in [3.05, 3.63) is 115 Å². The molecule has 0 aliphatic carbocycles. The quantitative estimate of drug-likeness (QED) is 0.139. The molecule has 6 aromatic rings. The minimum absolute atomic E-state index is 0. The second-order valence-corrected chi connectivity index (χ2v) is 15.4. The van der Waals surface area contributed by atoms with E-state index in [1.807, 2.05) is 61.8 Å². The van der Waals surface area contributed by atoms with Crippen molar-refractivity contribution < 1.29 is 24.5 Å². The summed E-state index contributed by atoms with van der Waals surface area (Å²) in [6.07, 6.45) is 3.71. The molecule has 0 saturated heterocycles. The van der Waals surface area contributed by atoms with Crippen molar-refractivity contribution in [1.29, 1.82) is 0 Å². The average molecular weight is 691 g/mol. The molecule has 0 fully saturated rings. The monoisotopic (exact) mass is 691 g/mol. The topological polar surface area (TPSA) is 38.9 Å². The zero-order chi connectivity index (χ0) is 26.0. The largest absolute Gasteiger partial charge is 0.455 e. The van der Waals surface area contributed by atoms with Crippen LogP contribution in [0.25, 0.3) is 44.5 Å². The van der Waals surface area contributed by atoms with Crippen LogP contribution in [0.5, 0.6) is 0 Å². The molecule has 193 valence electrons. The van der Waals surface area contributed by atoms with Crippen molar-refractivity contribution in [2.45, 2.75) is 33.5 Å². The van der Waals surface area contributed by atoms with E-state index in [1.165, 1.54) is 16.3 Å². The number of rotatable bonds is 3. The van der Waals surface area contributed by atoms with Crippen LogP contribution in [0.3, 0.4) is 0 Å². The van der Waals surface area contributed by atoms with Gasteiger partial charge in [-0.3, -0.25) is 0 Å². The van der Waals surface area contributed by atoms with Crippen molar-refractivity contribution in [2.75, 3.05) is 0 Å². The summed E-state index contributed by atoms with van der Waals surface area (Å²) in [5.41, 5.74) is 8.28. The Morgan fingerprint density at radius 3 is 2.18 bits per heavy atom. The van der Waals surface area contributed by atoms with Crippen LogP contribution in [0.4, 0.5) is 0 Å². The summed E-state index contributed by atoms with van der Waals surface area (Å²) in [5.74, 6) is 0. The Hall–Kier alpha value is -3.37. The first kappa shape index (κ1) is 27.7. The molecule has 3 nitrogen and oxygen atoms in total. The molecule has 3 aromatic carbocycles. The maximum atomic E-state index is 5.88. The molecule has 0 atom stereocenters. The fourth-order valence-corrected chi connectivity index (χ4v) is 5.88. The molecule has 5 heteroatoms. The van der Waals surface area contributed by atoms with Gasteiger partial charge < -0.3 is 14.4 Å². The number of pyridine rings is 2. The van der Waals surface area contributed by atoms with E-state index >= 15 is 0 Å². The van der Waals surface area contributed by atoms with Gasteiger partial charge in [0, 0.05) is 45.1 Å². The van der Waals surface area contributed by atoms with E-state index in [0.29, 0.717) is 0 Å². The molecule has 0 amide bonds. The van der Waals surface area contributed by atoms with Crippen LogP contribution in [0.2, 0.25) is 19.6 Å². The average Bonchev–Trinajstić information content (AvgIpc) is 3.28. The van der Waals surface area contributed by atoms with Gasteiger partial charge in [0.05, 0.1) is 6.20 Å². The van der Waals surface area contributed by atoms with E-state index < -0.39 is 8.07 Å². The number of para-hydroxylation sites is 1. The van der Waals surface area contributed by atoms with Crippen molar-refractivity contribution in [3.63, 3.8) is 0 Å². The van der Waals surface area contributed by atoms with Crippen LogP contribution in [0.1, 0.15) is 11.1 Å². The summed E-state index contributed by atoms with van der Waals surface area (Å²) in [5, 5.41) is 3.64. The first-order valence-corrected chi connectivity index (χ1v) is 16.0. The van der Waals surface area contributed by atoms with Crippen LogP contribution in [-0.4, -0.2) is 18.0 Å². The van der Waals surface area contributed by atoms with Crippen molar-refractivity contribution in [3.8, 4) is 22.5 Å². The van der Waals surface area contributed by atoms with Crippen molar-refractivity contribution in [1.82, 2.24) is 9.97 Å². The molecule has 1 radical (unpaired) electrons. The van der Waals surface area contributed by atoms with E-state index in [-0.39, 0.29) is 20.1 Å². The van der Waals surface area contributed by atoms with Gasteiger partial charge in [-0.2, -0.15) is 0 Å². The standard InChI is InChI=1S/C20H18NOSi.C13H12N.Ir/c1-23(2,3)20-11-7-5-9-15(20)17-12-16-14-8-4-6-10-18(14)22-19(16)13-21-17;1-10-3-6-12(7-4-10)13-8-5-11(2)9-14-13;/h4-8,10-13H,1-3H3;3-6,8-9H,1-2H3;/q2*-1;. The number of hydrogen-bond donors (Lipinski definition) is 0. The first-order chi connectivity index (χ1) is 17.8. The second-order valence-electron chi connectivity index (χ2n) is 10.4. The molecule has 38 heavy (non-hydrogen) atoms. The van der Waals surface area contributed by atoms with Crippen molar-refractivity contribution >= 4 is 35.2 Å². The second kappa shape index (κ2) is 11.6. The number of aromatic nitrogens is 2.